The molecule has 0 aliphatic rings. The van der Waals surface area contributed by atoms with Crippen molar-refractivity contribution in [2.24, 2.45) is 44.6 Å². The fourth-order valence-electron chi connectivity index (χ4n) is 3.13. The summed E-state index contributed by atoms with van der Waals surface area (Å²) < 4.78 is 0. The van der Waals surface area contributed by atoms with Gasteiger partial charge in [0, 0.05) is 13.1 Å². The number of aliphatic carboxylic acids is 1. The van der Waals surface area contributed by atoms with E-state index in [2.05, 4.69) is 25.9 Å². The van der Waals surface area contributed by atoms with E-state index in [0.717, 1.165) is 0 Å². The molecular formula is C21H42N10O6. The number of aliphatic hydroxyl groups excluding tert-OH is 1. The molecule has 0 aromatic carbocycles. The molecule has 212 valence electrons. The Bertz CT molecular complexity index is 812. The topological polar surface area (TPSA) is 300 Å². The predicted octanol–water partition coefficient (Wildman–Crippen LogP) is -4.00. The van der Waals surface area contributed by atoms with E-state index >= 15 is 0 Å². The third-order valence-electron chi connectivity index (χ3n) is 5.02. The zero-order valence-corrected chi connectivity index (χ0v) is 21.4. The van der Waals surface area contributed by atoms with Crippen LogP contribution in [0.15, 0.2) is 9.98 Å². The number of carboxylic acid groups (broad SMARTS) is 1. The maximum atomic E-state index is 12.9. The maximum Gasteiger partial charge on any atom is 0.326 e. The van der Waals surface area contributed by atoms with Gasteiger partial charge in [0.25, 0.3) is 0 Å². The summed E-state index contributed by atoms with van der Waals surface area (Å²) in [6, 6.07) is -4.76. The van der Waals surface area contributed by atoms with Crippen LogP contribution in [0.5, 0.6) is 0 Å². The number of carbonyl (C=O) groups excluding carboxylic acids is 3. The molecule has 0 bridgehead atoms. The van der Waals surface area contributed by atoms with Crippen LogP contribution in [0.2, 0.25) is 0 Å². The lowest BCUT2D eigenvalue weighted by molar-refractivity contribution is -0.143. The van der Waals surface area contributed by atoms with Gasteiger partial charge in [0.05, 0.1) is 12.6 Å². The Hall–Kier alpha value is -3.66. The largest absolute Gasteiger partial charge is 0.480 e. The normalized spacial score (nSPS) is 14.0. The lowest BCUT2D eigenvalue weighted by atomic mass is 10.0. The van der Waals surface area contributed by atoms with E-state index in [0.29, 0.717) is 6.42 Å². The highest BCUT2D eigenvalue weighted by Crippen LogP contribution is 2.07. The minimum absolute atomic E-state index is 0.0195. The molecular weight excluding hydrogens is 488 g/mol. The Morgan fingerprint density at radius 1 is 0.757 bits per heavy atom. The first-order valence-electron chi connectivity index (χ1n) is 11.9. The van der Waals surface area contributed by atoms with E-state index in [1.807, 2.05) is 0 Å². The van der Waals surface area contributed by atoms with Crippen LogP contribution in [0.1, 0.15) is 46.0 Å². The molecule has 15 N–H and O–H groups in total. The smallest absolute Gasteiger partial charge is 0.326 e. The Morgan fingerprint density at radius 2 is 1.22 bits per heavy atom. The van der Waals surface area contributed by atoms with E-state index in [1.54, 1.807) is 13.8 Å². The van der Waals surface area contributed by atoms with Crippen LogP contribution < -0.4 is 44.6 Å². The zero-order valence-electron chi connectivity index (χ0n) is 21.4. The average molecular weight is 531 g/mol. The third-order valence-corrected chi connectivity index (χ3v) is 5.02. The van der Waals surface area contributed by atoms with E-state index in [4.69, 9.17) is 28.7 Å². The molecule has 0 spiro atoms. The van der Waals surface area contributed by atoms with Gasteiger partial charge in [-0.15, -0.1) is 0 Å². The quantitative estimate of drug-likeness (QED) is 0.0462. The Balaban J connectivity index is 5.31. The van der Waals surface area contributed by atoms with Crippen molar-refractivity contribution >= 4 is 35.6 Å². The lowest BCUT2D eigenvalue weighted by Crippen LogP contribution is -2.58. The lowest BCUT2D eigenvalue weighted by Gasteiger charge is -2.25. The second-order valence-electron chi connectivity index (χ2n) is 8.84. The Kier molecular flexibility index (Phi) is 16.0. The molecule has 0 aromatic heterocycles. The minimum atomic E-state index is -1.41. The van der Waals surface area contributed by atoms with Gasteiger partial charge in [0.1, 0.15) is 18.1 Å². The second kappa shape index (κ2) is 17.7. The summed E-state index contributed by atoms with van der Waals surface area (Å²) in [5.74, 6) is -3.78. The van der Waals surface area contributed by atoms with Crippen LogP contribution in [0.25, 0.3) is 0 Å². The Labute approximate surface area is 215 Å². The van der Waals surface area contributed by atoms with Crippen LogP contribution in [0, 0.1) is 5.92 Å². The van der Waals surface area contributed by atoms with Gasteiger partial charge >= 0.3 is 5.97 Å². The van der Waals surface area contributed by atoms with E-state index < -0.39 is 54.5 Å². The highest BCUT2D eigenvalue weighted by molar-refractivity contribution is 5.94. The summed E-state index contributed by atoms with van der Waals surface area (Å²) in [4.78, 5) is 57.2. The number of nitrogens with zero attached hydrogens (tertiary/aromatic N) is 2. The molecule has 0 saturated heterocycles. The van der Waals surface area contributed by atoms with E-state index in [9.17, 15) is 29.4 Å². The fourth-order valence-corrected chi connectivity index (χ4v) is 3.13. The van der Waals surface area contributed by atoms with Gasteiger partial charge < -0.3 is 54.8 Å². The summed E-state index contributed by atoms with van der Waals surface area (Å²) in [7, 11) is 0. The molecule has 0 saturated carbocycles. The number of hydrogen-bond acceptors (Lipinski definition) is 8. The number of nitrogens with one attached hydrogen (secondary N) is 3. The van der Waals surface area contributed by atoms with Crippen LogP contribution in [0.3, 0.4) is 0 Å². The molecule has 0 aromatic rings. The van der Waals surface area contributed by atoms with Crippen molar-refractivity contribution in [1.82, 2.24) is 16.0 Å². The highest BCUT2D eigenvalue weighted by Gasteiger charge is 2.30. The van der Waals surface area contributed by atoms with Gasteiger partial charge in [-0.25, -0.2) is 4.79 Å². The van der Waals surface area contributed by atoms with Crippen molar-refractivity contribution in [2.75, 3.05) is 19.7 Å². The second-order valence-corrected chi connectivity index (χ2v) is 8.84. The number of aliphatic hydroxyl groups is 1. The van der Waals surface area contributed by atoms with Gasteiger partial charge in [-0.3, -0.25) is 24.4 Å². The average Bonchev–Trinajstić information content (AvgIpc) is 2.80. The predicted molar refractivity (Wildman–Crippen MR) is 138 cm³/mol. The number of aliphatic imine (C=N–C) groups is 2. The monoisotopic (exact) mass is 530 g/mol. The molecule has 16 heteroatoms. The van der Waals surface area contributed by atoms with Crippen LogP contribution in [0.4, 0.5) is 0 Å². The number of hydrogen-bond donors (Lipinski definition) is 10. The SMILES string of the molecule is CC(C)CC(NC(=O)C(CCCN=C(N)N)NC(=O)C(CO)NC(=O)C(N)CCCN=C(N)N)C(=O)O. The summed E-state index contributed by atoms with van der Waals surface area (Å²) in [6.45, 7) is 3.25. The van der Waals surface area contributed by atoms with Gasteiger partial charge in [-0.05, 0) is 38.0 Å². The summed E-state index contributed by atoms with van der Waals surface area (Å²) in [5.41, 5.74) is 26.9. The van der Waals surface area contributed by atoms with Crippen molar-refractivity contribution in [3.8, 4) is 0 Å². The molecule has 0 radical (unpaired) electrons. The summed E-state index contributed by atoms with van der Waals surface area (Å²) >= 11 is 0. The first-order chi connectivity index (χ1) is 17.3. The molecule has 0 heterocycles. The molecule has 3 amide bonds. The molecule has 4 atom stereocenters. The van der Waals surface area contributed by atoms with E-state index in [1.165, 1.54) is 0 Å². The van der Waals surface area contributed by atoms with Gasteiger partial charge in [0.2, 0.25) is 17.7 Å². The van der Waals surface area contributed by atoms with Crippen molar-refractivity contribution in [1.29, 1.82) is 0 Å². The van der Waals surface area contributed by atoms with Crippen molar-refractivity contribution in [3.63, 3.8) is 0 Å². The van der Waals surface area contributed by atoms with Crippen molar-refractivity contribution in [2.45, 2.75) is 70.1 Å². The summed E-state index contributed by atoms with van der Waals surface area (Å²) in [5, 5.41) is 26.3. The first kappa shape index (κ1) is 33.3. The van der Waals surface area contributed by atoms with Crippen LogP contribution in [-0.4, -0.2) is 89.7 Å². The Morgan fingerprint density at radius 3 is 1.68 bits per heavy atom. The first-order valence-corrected chi connectivity index (χ1v) is 11.9. The zero-order chi connectivity index (χ0) is 28.5. The molecule has 0 fully saturated rings. The number of carboxylic acids is 1. The maximum absolute atomic E-state index is 12.9. The van der Waals surface area contributed by atoms with Gasteiger partial charge in [0.15, 0.2) is 11.9 Å². The highest BCUT2D eigenvalue weighted by atomic mass is 16.4. The van der Waals surface area contributed by atoms with Crippen LogP contribution >= 0.6 is 0 Å². The number of rotatable bonds is 18. The molecule has 0 aliphatic heterocycles. The van der Waals surface area contributed by atoms with Gasteiger partial charge in [-0.1, -0.05) is 13.8 Å². The molecule has 37 heavy (non-hydrogen) atoms. The number of carbonyl (C=O) groups is 4. The van der Waals surface area contributed by atoms with Crippen molar-refractivity contribution < 1.29 is 29.4 Å². The summed E-state index contributed by atoms with van der Waals surface area (Å²) in [6.07, 6.45) is 1.12. The number of guanidine groups is 2. The minimum Gasteiger partial charge on any atom is -0.480 e. The fraction of sp³-hybridized carbons (Fsp3) is 0.714. The molecule has 0 rings (SSSR count). The molecule has 16 nitrogen and oxygen atoms in total. The molecule has 0 aliphatic carbocycles. The third kappa shape index (κ3) is 15.1. The van der Waals surface area contributed by atoms with E-state index in [-0.39, 0.29) is 56.6 Å². The molecule has 4 unspecified atom stereocenters. The van der Waals surface area contributed by atoms with Crippen LogP contribution in [-0.2, 0) is 19.2 Å². The van der Waals surface area contributed by atoms with Crippen molar-refractivity contribution in [3.05, 3.63) is 0 Å². The van der Waals surface area contributed by atoms with Gasteiger partial charge in [-0.2, -0.15) is 0 Å². The standard InChI is InChI=1S/C21H42N10O6/c1-11(2)9-14(19(36)37)30-17(34)13(6-4-8-28-21(25)26)29-18(35)15(10-32)31-16(33)12(22)5-3-7-27-20(23)24/h11-15,32H,3-10,22H2,1-2H3,(H,29,35)(H,30,34)(H,31,33)(H,36,37)(H4,23,24,27)(H4,25,26,28). The number of amides is 3. The number of nitrogens with two attached hydrogens (primary N) is 5.